The van der Waals surface area contributed by atoms with Crippen molar-refractivity contribution in [2.75, 3.05) is 19.1 Å². The summed E-state index contributed by atoms with van der Waals surface area (Å²) in [5.41, 5.74) is 3.53. The molecule has 0 aliphatic rings. The van der Waals surface area contributed by atoms with E-state index in [1.807, 2.05) is 18.2 Å². The Bertz CT molecular complexity index is 758. The van der Waals surface area contributed by atoms with Crippen LogP contribution < -0.4 is 20.6 Å². The molecule has 1 aromatic heterocycles. The molecule has 128 valence electrons. The predicted molar refractivity (Wildman–Crippen MR) is 92.0 cm³/mol. The number of methoxy groups -OCH3 is 1. The molecule has 1 aromatic carbocycles. The lowest BCUT2D eigenvalue weighted by molar-refractivity contribution is 0.288. The fourth-order valence-electron chi connectivity index (χ4n) is 1.88. The van der Waals surface area contributed by atoms with Crippen LogP contribution in [-0.2, 0) is 0 Å². The van der Waals surface area contributed by atoms with Gasteiger partial charge in [0.25, 0.3) is 0 Å². The van der Waals surface area contributed by atoms with Gasteiger partial charge < -0.3 is 9.47 Å². The number of hydrogen-bond acceptors (Lipinski definition) is 7. The number of benzene rings is 1. The molecule has 2 aromatic rings. The summed E-state index contributed by atoms with van der Waals surface area (Å²) in [7, 11) is 1.59. The Morgan fingerprint density at radius 3 is 2.96 bits per heavy atom. The molecule has 2 N–H and O–H groups in total. The van der Waals surface area contributed by atoms with E-state index in [1.165, 1.54) is 0 Å². The Labute approximate surface area is 139 Å². The molecule has 0 bridgehead atoms. The molecular formula is C16H21N5O3. The fraction of sp³-hybridized carbons (Fsp3) is 0.375. The maximum atomic E-state index is 11.2. The summed E-state index contributed by atoms with van der Waals surface area (Å²) >= 11 is 0. The Balaban J connectivity index is 2.06. The summed E-state index contributed by atoms with van der Waals surface area (Å²) in [6, 6.07) is 5.53. The molecule has 0 radical (unpaired) electrons. The number of aromatic nitrogens is 3. The minimum Gasteiger partial charge on any atom is -0.493 e. The molecule has 2 rings (SSSR count). The van der Waals surface area contributed by atoms with E-state index in [-0.39, 0.29) is 0 Å². The minimum atomic E-state index is -0.534. The summed E-state index contributed by atoms with van der Waals surface area (Å²) in [5, 5.41) is 10.1. The number of rotatable bonds is 8. The molecule has 0 atom stereocenters. The molecule has 1 heterocycles. The van der Waals surface area contributed by atoms with Gasteiger partial charge in [0.2, 0.25) is 0 Å². The highest BCUT2D eigenvalue weighted by Crippen LogP contribution is 2.27. The second-order valence-electron chi connectivity index (χ2n) is 5.06. The first-order valence-electron chi connectivity index (χ1n) is 7.67. The van der Waals surface area contributed by atoms with Crippen molar-refractivity contribution in [3.05, 3.63) is 39.9 Å². The Hall–Kier alpha value is -2.90. The molecule has 0 fully saturated rings. The lowest BCUT2D eigenvalue weighted by Gasteiger charge is -2.10. The number of anilines is 1. The SMILES string of the molecule is CCCCOc1ccc(/C=N/Nc2nc(=O)[nH]nc2C)cc1OC. The maximum absolute atomic E-state index is 11.2. The zero-order valence-electron chi connectivity index (χ0n) is 14.0. The van der Waals surface area contributed by atoms with Crippen LogP contribution >= 0.6 is 0 Å². The van der Waals surface area contributed by atoms with Crippen LogP contribution in [0.5, 0.6) is 11.5 Å². The van der Waals surface area contributed by atoms with Crippen molar-refractivity contribution in [3.8, 4) is 11.5 Å². The molecule has 0 aliphatic carbocycles. The van der Waals surface area contributed by atoms with Crippen LogP contribution in [0.3, 0.4) is 0 Å². The first kappa shape index (κ1) is 17.5. The van der Waals surface area contributed by atoms with Gasteiger partial charge in [0.1, 0.15) is 5.69 Å². The van der Waals surface area contributed by atoms with Gasteiger partial charge >= 0.3 is 5.69 Å². The fourth-order valence-corrected chi connectivity index (χ4v) is 1.88. The van der Waals surface area contributed by atoms with Crippen molar-refractivity contribution >= 4 is 12.0 Å². The van der Waals surface area contributed by atoms with Crippen molar-refractivity contribution in [1.82, 2.24) is 15.2 Å². The molecule has 0 aliphatic heterocycles. The van der Waals surface area contributed by atoms with E-state index in [2.05, 4.69) is 32.6 Å². The molecule has 24 heavy (non-hydrogen) atoms. The maximum Gasteiger partial charge on any atom is 0.363 e. The van der Waals surface area contributed by atoms with Crippen LogP contribution in [0.25, 0.3) is 0 Å². The Morgan fingerprint density at radius 2 is 2.21 bits per heavy atom. The number of nitrogens with one attached hydrogen (secondary N) is 2. The van der Waals surface area contributed by atoms with Crippen molar-refractivity contribution in [2.45, 2.75) is 26.7 Å². The molecule has 0 unspecified atom stereocenters. The van der Waals surface area contributed by atoms with Gasteiger partial charge in [-0.3, -0.25) is 5.43 Å². The lowest BCUT2D eigenvalue weighted by Crippen LogP contribution is -2.15. The highest BCUT2D eigenvalue weighted by Gasteiger charge is 2.05. The number of ether oxygens (including phenoxy) is 2. The number of aromatic amines is 1. The summed E-state index contributed by atoms with van der Waals surface area (Å²) in [5.74, 6) is 1.65. The molecule has 0 amide bonds. The van der Waals surface area contributed by atoms with Crippen LogP contribution in [0.1, 0.15) is 31.0 Å². The molecular weight excluding hydrogens is 310 g/mol. The zero-order chi connectivity index (χ0) is 17.4. The summed E-state index contributed by atoms with van der Waals surface area (Å²) in [6.45, 7) is 4.48. The van der Waals surface area contributed by atoms with Crippen molar-refractivity contribution < 1.29 is 9.47 Å². The Morgan fingerprint density at radius 1 is 1.38 bits per heavy atom. The lowest BCUT2D eigenvalue weighted by atomic mass is 10.2. The Kier molecular flexibility index (Phi) is 6.30. The van der Waals surface area contributed by atoms with Gasteiger partial charge in [0, 0.05) is 0 Å². The predicted octanol–water partition coefficient (Wildman–Crippen LogP) is 2.11. The zero-order valence-corrected chi connectivity index (χ0v) is 14.0. The highest BCUT2D eigenvalue weighted by atomic mass is 16.5. The molecule has 0 saturated heterocycles. The number of hydrogen-bond donors (Lipinski definition) is 2. The van der Waals surface area contributed by atoms with Gasteiger partial charge in [-0.2, -0.15) is 15.2 Å². The highest BCUT2D eigenvalue weighted by molar-refractivity contribution is 5.81. The van der Waals surface area contributed by atoms with Crippen molar-refractivity contribution in [3.63, 3.8) is 0 Å². The molecule has 8 nitrogen and oxygen atoms in total. The third-order valence-electron chi connectivity index (χ3n) is 3.20. The van der Waals surface area contributed by atoms with Gasteiger partial charge in [-0.25, -0.2) is 9.89 Å². The molecule has 0 spiro atoms. The normalized spacial score (nSPS) is 10.8. The summed E-state index contributed by atoms with van der Waals surface area (Å²) in [4.78, 5) is 14.9. The first-order valence-corrected chi connectivity index (χ1v) is 7.67. The van der Waals surface area contributed by atoms with E-state index in [1.54, 1.807) is 20.2 Å². The second kappa shape index (κ2) is 8.66. The first-order chi connectivity index (χ1) is 11.6. The summed E-state index contributed by atoms with van der Waals surface area (Å²) in [6.07, 6.45) is 3.66. The average molecular weight is 331 g/mol. The van der Waals surface area contributed by atoms with Gasteiger partial charge in [-0.05, 0) is 37.1 Å². The number of H-pyrrole nitrogens is 1. The van der Waals surface area contributed by atoms with Gasteiger partial charge in [0.05, 0.1) is 19.9 Å². The smallest absolute Gasteiger partial charge is 0.363 e. The van der Waals surface area contributed by atoms with E-state index in [9.17, 15) is 4.79 Å². The van der Waals surface area contributed by atoms with Crippen LogP contribution in [0.4, 0.5) is 5.82 Å². The van der Waals surface area contributed by atoms with Crippen molar-refractivity contribution in [1.29, 1.82) is 0 Å². The van der Waals surface area contributed by atoms with E-state index < -0.39 is 5.69 Å². The van der Waals surface area contributed by atoms with E-state index in [4.69, 9.17) is 9.47 Å². The second-order valence-corrected chi connectivity index (χ2v) is 5.06. The van der Waals surface area contributed by atoms with Crippen LogP contribution in [-0.4, -0.2) is 35.1 Å². The quantitative estimate of drug-likeness (QED) is 0.436. The topological polar surface area (TPSA) is 101 Å². The van der Waals surface area contributed by atoms with Crippen LogP contribution in [0.15, 0.2) is 28.1 Å². The third-order valence-corrected chi connectivity index (χ3v) is 3.20. The number of hydrazone groups is 1. The van der Waals surface area contributed by atoms with Gasteiger partial charge in [-0.1, -0.05) is 13.3 Å². The largest absolute Gasteiger partial charge is 0.493 e. The van der Waals surface area contributed by atoms with E-state index in [0.29, 0.717) is 29.6 Å². The van der Waals surface area contributed by atoms with Crippen molar-refractivity contribution in [2.24, 2.45) is 5.10 Å². The monoisotopic (exact) mass is 331 g/mol. The van der Waals surface area contributed by atoms with Crippen LogP contribution in [0, 0.1) is 6.92 Å². The molecule has 0 saturated carbocycles. The number of unbranched alkanes of at least 4 members (excludes halogenated alkanes) is 1. The number of nitrogens with zero attached hydrogens (tertiary/aromatic N) is 3. The third kappa shape index (κ3) is 4.80. The van der Waals surface area contributed by atoms with E-state index in [0.717, 1.165) is 18.4 Å². The average Bonchev–Trinajstić information content (AvgIpc) is 2.59. The van der Waals surface area contributed by atoms with E-state index >= 15 is 0 Å². The van der Waals surface area contributed by atoms with Gasteiger partial charge in [-0.15, -0.1) is 0 Å². The number of aryl methyl sites for hydroxylation is 1. The van der Waals surface area contributed by atoms with Gasteiger partial charge in [0.15, 0.2) is 17.3 Å². The standard InChI is InChI=1S/C16H21N5O3/c1-4-5-8-24-13-7-6-12(9-14(13)23-3)10-17-20-15-11(2)19-21-16(22)18-15/h6-7,9-10H,4-5,8H2,1-3H3,(H2,18,20,21,22)/b17-10+. The molecule has 8 heteroatoms. The minimum absolute atomic E-state index is 0.307. The van der Waals surface area contributed by atoms with Crippen LogP contribution in [0.2, 0.25) is 0 Å². The summed E-state index contributed by atoms with van der Waals surface area (Å²) < 4.78 is 11.0.